The van der Waals surface area contributed by atoms with Crippen molar-refractivity contribution in [1.82, 2.24) is 0 Å². The van der Waals surface area contributed by atoms with Crippen molar-refractivity contribution in [3.8, 4) is 0 Å². The Morgan fingerprint density at radius 2 is 1.67 bits per heavy atom. The molecule has 1 aliphatic heterocycles. The van der Waals surface area contributed by atoms with Crippen LogP contribution in [0.5, 0.6) is 0 Å². The van der Waals surface area contributed by atoms with Crippen molar-refractivity contribution in [2.75, 3.05) is 0 Å². The van der Waals surface area contributed by atoms with Gasteiger partial charge in [-0.2, -0.15) is 0 Å². The van der Waals surface area contributed by atoms with E-state index in [0.29, 0.717) is 0 Å². The summed E-state index contributed by atoms with van der Waals surface area (Å²) in [5.74, 6) is 0. The minimum atomic E-state index is -0.312. The van der Waals surface area contributed by atoms with E-state index in [1.807, 2.05) is 27.7 Å². The molecule has 0 atom stereocenters. The normalized spacial score (nSPS) is 28.7. The van der Waals surface area contributed by atoms with Crippen LogP contribution in [0.25, 0.3) is 0 Å². The fourth-order valence-corrected chi connectivity index (χ4v) is 0.664. The molecule has 0 radical (unpaired) electrons. The molecular weight excluding hydrogens is 116 g/mol. The van der Waals surface area contributed by atoms with Crippen LogP contribution in [0.4, 0.5) is 0 Å². The molecule has 0 unspecified atom stereocenters. The molecule has 0 saturated carbocycles. The second-order valence-corrected chi connectivity index (χ2v) is 3.49. The lowest BCUT2D eigenvalue weighted by atomic mass is 9.81. The molecule has 0 aromatic carbocycles. The Morgan fingerprint density at radius 3 is 1.67 bits per heavy atom. The summed E-state index contributed by atoms with van der Waals surface area (Å²) in [6.07, 6.45) is 0. The smallest absolute Gasteiger partial charge is 0.223 e. The number of hydrogen-bond acceptors (Lipinski definition) is 2. The zero-order valence-electron chi connectivity index (χ0n) is 6.30. The van der Waals surface area contributed by atoms with Gasteiger partial charge in [0.05, 0.1) is 0 Å². The van der Waals surface area contributed by atoms with Crippen molar-refractivity contribution in [1.29, 1.82) is 0 Å². The number of azo groups is 1. The highest BCUT2D eigenvalue weighted by atomic mass is 16.5. The molecule has 3 heteroatoms. The maximum atomic E-state index is 10.7. The van der Waals surface area contributed by atoms with Gasteiger partial charge in [0.2, 0.25) is 5.54 Å². The summed E-state index contributed by atoms with van der Waals surface area (Å²) in [5.41, 5.74) is -0.484. The van der Waals surface area contributed by atoms with E-state index in [1.165, 1.54) is 0 Å². The van der Waals surface area contributed by atoms with Crippen LogP contribution < -0.4 is 0 Å². The molecule has 0 fully saturated rings. The summed E-state index contributed by atoms with van der Waals surface area (Å²) in [5, 5.41) is 14.5. The Kier molecular flexibility index (Phi) is 0.926. The highest BCUT2D eigenvalue weighted by Crippen LogP contribution is 2.36. The van der Waals surface area contributed by atoms with Crippen LogP contribution in [-0.4, -0.2) is 15.9 Å². The molecule has 1 aliphatic rings. The summed E-state index contributed by atoms with van der Waals surface area (Å²) < 4.78 is 0. The first kappa shape index (κ1) is 6.52. The number of rotatable bonds is 0. The summed E-state index contributed by atoms with van der Waals surface area (Å²) in [4.78, 5) is 0.771. The second-order valence-electron chi connectivity index (χ2n) is 3.49. The molecule has 0 amide bonds. The first-order valence-corrected chi connectivity index (χ1v) is 3.08. The first-order chi connectivity index (χ1) is 3.88. The van der Waals surface area contributed by atoms with E-state index in [2.05, 4.69) is 5.11 Å². The fraction of sp³-hybridized carbons (Fsp3) is 1.00. The average Bonchev–Trinajstić information content (AvgIpc) is 1.65. The van der Waals surface area contributed by atoms with Gasteiger partial charge in [-0.3, -0.25) is 0 Å². The largest absolute Gasteiger partial charge is 0.599 e. The van der Waals surface area contributed by atoms with Crippen LogP contribution in [0.15, 0.2) is 5.11 Å². The maximum Gasteiger partial charge on any atom is 0.223 e. The topological polar surface area (TPSA) is 38.4 Å². The minimum Gasteiger partial charge on any atom is -0.599 e. The van der Waals surface area contributed by atoms with E-state index in [9.17, 15) is 5.21 Å². The molecule has 0 N–H and O–H groups in total. The number of nitrogens with zero attached hydrogens (tertiary/aromatic N) is 2. The van der Waals surface area contributed by atoms with E-state index < -0.39 is 0 Å². The summed E-state index contributed by atoms with van der Waals surface area (Å²) >= 11 is 0. The van der Waals surface area contributed by atoms with Crippen molar-refractivity contribution >= 4 is 0 Å². The van der Waals surface area contributed by atoms with Crippen LogP contribution in [0, 0.1) is 5.21 Å². The Hall–Kier alpha value is -0.600. The lowest BCUT2D eigenvalue weighted by Crippen LogP contribution is -2.59. The van der Waals surface area contributed by atoms with Gasteiger partial charge in [-0.05, 0) is 19.0 Å². The van der Waals surface area contributed by atoms with E-state index in [-0.39, 0.29) is 11.1 Å². The van der Waals surface area contributed by atoms with Crippen LogP contribution >= 0.6 is 0 Å². The van der Waals surface area contributed by atoms with Crippen LogP contribution in [0.3, 0.4) is 0 Å². The quantitative estimate of drug-likeness (QED) is 0.360. The molecule has 0 aliphatic carbocycles. The second kappa shape index (κ2) is 1.28. The molecular formula is C6H12N2O. The maximum absolute atomic E-state index is 10.7. The lowest BCUT2D eigenvalue weighted by Gasteiger charge is -2.39. The zero-order valence-corrected chi connectivity index (χ0v) is 6.30. The van der Waals surface area contributed by atoms with Gasteiger partial charge in [-0.25, -0.2) is 0 Å². The van der Waals surface area contributed by atoms with Crippen molar-refractivity contribution < 1.29 is 4.86 Å². The van der Waals surface area contributed by atoms with Crippen molar-refractivity contribution in [3.63, 3.8) is 0 Å². The predicted molar refractivity (Wildman–Crippen MR) is 34.2 cm³/mol. The van der Waals surface area contributed by atoms with Crippen LogP contribution in [0.2, 0.25) is 0 Å². The SMILES string of the molecule is CC1(C)N=[N+]([O-])C1(C)C. The lowest BCUT2D eigenvalue weighted by molar-refractivity contribution is -0.673. The standard InChI is InChI=1S/C6H12N2O/c1-5(2)6(3,4)8(9)7-5/h1-4H3. The van der Waals surface area contributed by atoms with Gasteiger partial charge >= 0.3 is 0 Å². The van der Waals surface area contributed by atoms with Crippen LogP contribution in [0.1, 0.15) is 27.7 Å². The molecule has 1 rings (SSSR count). The molecule has 3 nitrogen and oxygen atoms in total. The Morgan fingerprint density at radius 1 is 1.22 bits per heavy atom. The van der Waals surface area contributed by atoms with Crippen LogP contribution in [-0.2, 0) is 0 Å². The zero-order chi connectivity index (χ0) is 7.28. The van der Waals surface area contributed by atoms with Crippen molar-refractivity contribution in [2.45, 2.75) is 38.8 Å². The highest BCUT2D eigenvalue weighted by molar-refractivity contribution is 4.96. The minimum absolute atomic E-state index is 0.172. The Labute approximate surface area is 55.0 Å². The van der Waals surface area contributed by atoms with Gasteiger partial charge in [0.15, 0.2) is 5.54 Å². The summed E-state index contributed by atoms with van der Waals surface area (Å²) in [7, 11) is 0. The van der Waals surface area contributed by atoms with Crippen molar-refractivity contribution in [3.05, 3.63) is 5.21 Å². The number of hydrogen-bond donors (Lipinski definition) is 0. The summed E-state index contributed by atoms with van der Waals surface area (Å²) in [6.45, 7) is 7.71. The van der Waals surface area contributed by atoms with Gasteiger partial charge in [0.25, 0.3) is 0 Å². The monoisotopic (exact) mass is 128 g/mol. The highest BCUT2D eigenvalue weighted by Gasteiger charge is 2.56. The first-order valence-electron chi connectivity index (χ1n) is 3.08. The van der Waals surface area contributed by atoms with E-state index in [0.717, 1.165) is 4.86 Å². The number of hydroxylamine groups is 1. The molecule has 0 aromatic heterocycles. The molecule has 52 valence electrons. The molecule has 0 saturated heterocycles. The third-order valence-corrected chi connectivity index (χ3v) is 2.32. The van der Waals surface area contributed by atoms with Gasteiger partial charge in [0, 0.05) is 13.8 Å². The Bertz CT molecular complexity index is 170. The van der Waals surface area contributed by atoms with E-state index in [1.54, 1.807) is 0 Å². The van der Waals surface area contributed by atoms with E-state index >= 15 is 0 Å². The summed E-state index contributed by atoms with van der Waals surface area (Å²) in [6, 6.07) is 0. The molecule has 0 bridgehead atoms. The Balaban J connectivity index is 2.94. The predicted octanol–water partition coefficient (Wildman–Crippen LogP) is 1.52. The van der Waals surface area contributed by atoms with E-state index in [4.69, 9.17) is 0 Å². The molecule has 0 spiro atoms. The molecule has 1 heterocycles. The average molecular weight is 128 g/mol. The van der Waals surface area contributed by atoms with Gasteiger partial charge in [-0.1, -0.05) is 4.86 Å². The molecule has 9 heavy (non-hydrogen) atoms. The third-order valence-electron chi connectivity index (χ3n) is 2.32. The van der Waals surface area contributed by atoms with Gasteiger partial charge in [0.1, 0.15) is 0 Å². The third kappa shape index (κ3) is 0.573. The van der Waals surface area contributed by atoms with Gasteiger partial charge in [-0.15, -0.1) is 0 Å². The molecule has 0 aromatic rings. The fourth-order valence-electron chi connectivity index (χ4n) is 0.664. The van der Waals surface area contributed by atoms with Gasteiger partial charge < -0.3 is 5.21 Å². The van der Waals surface area contributed by atoms with Crippen molar-refractivity contribution in [2.24, 2.45) is 5.11 Å².